The van der Waals surface area contributed by atoms with Crippen molar-refractivity contribution in [2.45, 2.75) is 57.4 Å². The molecule has 2 aliphatic rings. The van der Waals surface area contributed by atoms with Crippen LogP contribution in [0.4, 0.5) is 23.4 Å². The van der Waals surface area contributed by atoms with Crippen LogP contribution in [0.1, 0.15) is 56.3 Å². The lowest BCUT2D eigenvalue weighted by Gasteiger charge is -2.54. The van der Waals surface area contributed by atoms with Crippen molar-refractivity contribution in [3.05, 3.63) is 63.9 Å². The Bertz CT molecular complexity index is 1500. The third-order valence-corrected chi connectivity index (χ3v) is 8.37. The highest BCUT2D eigenvalue weighted by Gasteiger charge is 2.59. The van der Waals surface area contributed by atoms with E-state index in [0.29, 0.717) is 24.7 Å². The summed E-state index contributed by atoms with van der Waals surface area (Å²) in [5.41, 5.74) is -1.74. The maximum absolute atomic E-state index is 15.1. The third kappa shape index (κ3) is 4.67. The number of rotatable bonds is 5. The zero-order valence-corrected chi connectivity index (χ0v) is 22.4. The Labute approximate surface area is 224 Å². The molecule has 1 amide bonds. The van der Waals surface area contributed by atoms with Crippen LogP contribution in [0.15, 0.2) is 41.3 Å². The minimum atomic E-state index is -2.82. The fourth-order valence-electron chi connectivity index (χ4n) is 6.62. The molecule has 1 aromatic carbocycles. The maximum Gasteiger partial charge on any atom is 0.257 e. The quantitative estimate of drug-likeness (QED) is 0.419. The number of aromatic nitrogens is 2. The van der Waals surface area contributed by atoms with Crippen molar-refractivity contribution in [1.82, 2.24) is 14.9 Å². The fourth-order valence-corrected chi connectivity index (χ4v) is 6.62. The summed E-state index contributed by atoms with van der Waals surface area (Å²) < 4.78 is 60.2. The fraction of sp³-hybridized carbons (Fsp3) is 0.483. The van der Waals surface area contributed by atoms with E-state index in [4.69, 9.17) is 0 Å². The van der Waals surface area contributed by atoms with Gasteiger partial charge in [0.2, 0.25) is 5.43 Å². The Balaban J connectivity index is 1.63. The normalized spacial score (nSPS) is 25.9. The molecule has 0 saturated heterocycles. The Kier molecular flexibility index (Phi) is 6.71. The number of amides is 1. The van der Waals surface area contributed by atoms with Gasteiger partial charge in [0.25, 0.3) is 11.8 Å². The predicted octanol–water partition coefficient (Wildman–Crippen LogP) is 5.70. The average molecular weight is 545 g/mol. The van der Waals surface area contributed by atoms with Crippen LogP contribution in [0.2, 0.25) is 0 Å². The second-order valence-electron chi connectivity index (χ2n) is 11.4. The van der Waals surface area contributed by atoms with Crippen molar-refractivity contribution in [3.63, 3.8) is 0 Å². The van der Waals surface area contributed by atoms with Crippen molar-refractivity contribution in [3.8, 4) is 5.69 Å². The molecule has 2 fully saturated rings. The molecule has 10 heteroatoms. The van der Waals surface area contributed by atoms with E-state index in [-0.39, 0.29) is 47.5 Å². The van der Waals surface area contributed by atoms with E-state index in [1.54, 1.807) is 32.0 Å². The summed E-state index contributed by atoms with van der Waals surface area (Å²) >= 11 is 0. The molecule has 6 nitrogen and oxygen atoms in total. The predicted molar refractivity (Wildman–Crippen MR) is 142 cm³/mol. The first-order chi connectivity index (χ1) is 18.3. The molecule has 0 spiro atoms. The topological polar surface area (TPSA) is 67.2 Å². The molecule has 4 atom stereocenters. The zero-order valence-electron chi connectivity index (χ0n) is 22.4. The largest absolute Gasteiger partial charge is 0.363 e. The van der Waals surface area contributed by atoms with E-state index in [9.17, 15) is 18.4 Å². The number of hydrogen-bond acceptors (Lipinski definition) is 4. The molecule has 2 aliphatic carbocycles. The van der Waals surface area contributed by atoms with Crippen molar-refractivity contribution in [2.75, 3.05) is 19.0 Å². The molecule has 3 aromatic rings. The van der Waals surface area contributed by atoms with Crippen LogP contribution in [0, 0.1) is 29.4 Å². The molecule has 208 valence electrons. The minimum absolute atomic E-state index is 0.0250. The number of nitrogens with zero attached hydrogens (tertiary/aromatic N) is 3. The van der Waals surface area contributed by atoms with Gasteiger partial charge in [-0.25, -0.2) is 22.5 Å². The summed E-state index contributed by atoms with van der Waals surface area (Å²) in [5, 5.41) is 3.06. The molecule has 2 bridgehead atoms. The van der Waals surface area contributed by atoms with Crippen LogP contribution < -0.4 is 15.6 Å². The van der Waals surface area contributed by atoms with E-state index in [0.717, 1.165) is 6.07 Å². The summed E-state index contributed by atoms with van der Waals surface area (Å²) in [6, 6.07) is 6.12. The molecule has 2 heterocycles. The highest BCUT2D eigenvalue weighted by Crippen LogP contribution is 2.55. The SMILES string of the molecule is CCC1CC2(NC(=O)c3cn(-c4ccc(F)cc4F)c4nc(N(C)C)ccc4c3=O)CC(C)CC(C2)C1(F)F. The number of pyridine rings is 2. The van der Waals surface area contributed by atoms with Gasteiger partial charge in [-0.05, 0) is 62.3 Å². The van der Waals surface area contributed by atoms with E-state index in [2.05, 4.69) is 10.3 Å². The molecular weight excluding hydrogens is 512 g/mol. The smallest absolute Gasteiger partial charge is 0.257 e. The molecular formula is C29H32F4N4O2. The summed E-state index contributed by atoms with van der Waals surface area (Å²) in [6.07, 6.45) is 2.65. The Morgan fingerprint density at radius 3 is 2.56 bits per heavy atom. The molecule has 0 aliphatic heterocycles. The van der Waals surface area contributed by atoms with Crippen molar-refractivity contribution >= 4 is 22.8 Å². The van der Waals surface area contributed by atoms with Crippen molar-refractivity contribution < 1.29 is 22.4 Å². The van der Waals surface area contributed by atoms with E-state index in [1.807, 2.05) is 6.92 Å². The van der Waals surface area contributed by atoms with Gasteiger partial charge in [0.05, 0.1) is 11.1 Å². The van der Waals surface area contributed by atoms with Crippen LogP contribution in [-0.4, -0.2) is 41.0 Å². The average Bonchev–Trinajstić information content (AvgIpc) is 2.86. The van der Waals surface area contributed by atoms with E-state index < -0.39 is 46.3 Å². The van der Waals surface area contributed by atoms with Gasteiger partial charge >= 0.3 is 0 Å². The summed E-state index contributed by atoms with van der Waals surface area (Å²) in [5.74, 6) is -6.46. The standard InChI is InChI=1S/C29H32F4N4O2/c1-5-17-13-28(12-16(2)10-18(14-28)29(17,32)33)35-27(39)21-15-37(23-8-6-19(30)11-22(23)31)26-20(25(21)38)7-9-24(34-26)36(3)4/h6-9,11,15-18H,5,10,12-14H2,1-4H3,(H,35,39). The number of benzene rings is 1. The third-order valence-electron chi connectivity index (χ3n) is 8.37. The van der Waals surface area contributed by atoms with Gasteiger partial charge in [-0.15, -0.1) is 0 Å². The second-order valence-corrected chi connectivity index (χ2v) is 11.4. The minimum Gasteiger partial charge on any atom is -0.363 e. The van der Waals surface area contributed by atoms with Gasteiger partial charge in [-0.3, -0.25) is 14.2 Å². The molecule has 5 rings (SSSR count). The number of nitrogens with one attached hydrogen (secondary N) is 1. The second kappa shape index (κ2) is 9.64. The van der Waals surface area contributed by atoms with E-state index in [1.165, 1.54) is 22.9 Å². The molecule has 1 N–H and O–H groups in total. The maximum atomic E-state index is 15.1. The number of carbonyl (C=O) groups excluding carboxylic acids is 1. The molecule has 2 aromatic heterocycles. The zero-order chi connectivity index (χ0) is 28.3. The molecule has 2 saturated carbocycles. The summed E-state index contributed by atoms with van der Waals surface area (Å²) in [4.78, 5) is 33.5. The van der Waals surface area contributed by atoms with Crippen LogP contribution >= 0.6 is 0 Å². The monoisotopic (exact) mass is 544 g/mol. The van der Waals surface area contributed by atoms with Gasteiger partial charge in [0.15, 0.2) is 5.65 Å². The summed E-state index contributed by atoms with van der Waals surface area (Å²) in [6.45, 7) is 3.64. The Morgan fingerprint density at radius 1 is 1.15 bits per heavy atom. The number of halogens is 4. The molecule has 4 unspecified atom stereocenters. The Hall–Kier alpha value is -3.43. The number of fused-ring (bicyclic) bond motifs is 3. The number of anilines is 1. The van der Waals surface area contributed by atoms with Crippen LogP contribution in [0.25, 0.3) is 16.7 Å². The summed E-state index contributed by atoms with van der Waals surface area (Å²) in [7, 11) is 3.51. The highest BCUT2D eigenvalue weighted by molar-refractivity contribution is 5.97. The first-order valence-corrected chi connectivity index (χ1v) is 13.2. The molecule has 0 radical (unpaired) electrons. The lowest BCUT2D eigenvalue weighted by molar-refractivity contribution is -0.172. The van der Waals surface area contributed by atoms with Gasteiger partial charge in [0, 0.05) is 43.7 Å². The number of carbonyl (C=O) groups is 1. The van der Waals surface area contributed by atoms with Gasteiger partial charge < -0.3 is 10.2 Å². The number of alkyl halides is 2. The van der Waals surface area contributed by atoms with Gasteiger partial charge in [-0.1, -0.05) is 13.8 Å². The number of hydrogen-bond donors (Lipinski definition) is 1. The van der Waals surface area contributed by atoms with Gasteiger partial charge in [-0.2, -0.15) is 0 Å². The first kappa shape index (κ1) is 27.1. The van der Waals surface area contributed by atoms with Crippen molar-refractivity contribution in [1.29, 1.82) is 0 Å². The van der Waals surface area contributed by atoms with Crippen LogP contribution in [-0.2, 0) is 0 Å². The van der Waals surface area contributed by atoms with Crippen LogP contribution in [0.3, 0.4) is 0 Å². The Morgan fingerprint density at radius 2 is 1.90 bits per heavy atom. The lowest BCUT2D eigenvalue weighted by Crippen LogP contribution is -2.62. The molecule has 39 heavy (non-hydrogen) atoms. The lowest BCUT2D eigenvalue weighted by atomic mass is 9.58. The highest BCUT2D eigenvalue weighted by atomic mass is 19.3. The van der Waals surface area contributed by atoms with E-state index >= 15 is 8.78 Å². The van der Waals surface area contributed by atoms with Crippen LogP contribution in [0.5, 0.6) is 0 Å². The first-order valence-electron chi connectivity index (χ1n) is 13.2. The van der Waals surface area contributed by atoms with Gasteiger partial charge in [0.1, 0.15) is 23.0 Å². The van der Waals surface area contributed by atoms with Crippen molar-refractivity contribution in [2.24, 2.45) is 17.8 Å².